The van der Waals surface area contributed by atoms with E-state index >= 15 is 0 Å². The molecule has 0 atom stereocenters. The third-order valence-corrected chi connectivity index (χ3v) is 3.89. The van der Waals surface area contributed by atoms with Gasteiger partial charge in [0.1, 0.15) is 0 Å². The van der Waals surface area contributed by atoms with Gasteiger partial charge >= 0.3 is 0 Å². The van der Waals surface area contributed by atoms with Gasteiger partial charge in [0.25, 0.3) is 5.91 Å². The van der Waals surface area contributed by atoms with E-state index in [0.29, 0.717) is 24.6 Å². The predicted molar refractivity (Wildman–Crippen MR) is 99.4 cm³/mol. The third kappa shape index (κ3) is 4.47. The van der Waals surface area contributed by atoms with E-state index in [1.807, 2.05) is 42.5 Å². The van der Waals surface area contributed by atoms with Crippen LogP contribution >= 0.6 is 0 Å². The number of carbonyl (C=O) groups excluding carboxylic acids is 1. The van der Waals surface area contributed by atoms with Crippen molar-refractivity contribution in [1.82, 2.24) is 20.1 Å². The normalized spacial score (nSPS) is 10.5. The van der Waals surface area contributed by atoms with Crippen LogP contribution in [0.5, 0.6) is 5.88 Å². The number of nitrogens with zero attached hydrogens (tertiary/aromatic N) is 3. The van der Waals surface area contributed by atoms with Crippen LogP contribution in [0, 0.1) is 0 Å². The minimum absolute atomic E-state index is 0.185. The van der Waals surface area contributed by atoms with Crippen LogP contribution < -0.4 is 10.1 Å². The topological polar surface area (TPSA) is 69.0 Å². The fourth-order valence-corrected chi connectivity index (χ4v) is 2.44. The zero-order valence-electron chi connectivity index (χ0n) is 14.8. The molecule has 0 fully saturated rings. The van der Waals surface area contributed by atoms with Gasteiger partial charge in [-0.1, -0.05) is 37.6 Å². The SMILES string of the molecule is CCCCOc1ncccc1CNC(=O)c1cnn(-c2ccccc2)c1. The van der Waals surface area contributed by atoms with Crippen molar-refractivity contribution in [1.29, 1.82) is 0 Å². The minimum atomic E-state index is -0.185. The summed E-state index contributed by atoms with van der Waals surface area (Å²) in [6.07, 6.45) is 7.00. The first-order valence-corrected chi connectivity index (χ1v) is 8.73. The Morgan fingerprint density at radius 2 is 2.04 bits per heavy atom. The number of benzene rings is 1. The van der Waals surface area contributed by atoms with Crippen LogP contribution in [0.2, 0.25) is 0 Å². The standard InChI is InChI=1S/C20H22N4O2/c1-2-3-12-26-20-16(8-7-11-21-20)13-22-19(25)17-14-23-24(15-17)18-9-5-4-6-10-18/h4-11,14-15H,2-3,12-13H2,1H3,(H,22,25). The largest absolute Gasteiger partial charge is 0.477 e. The highest BCUT2D eigenvalue weighted by Crippen LogP contribution is 2.15. The fourth-order valence-electron chi connectivity index (χ4n) is 2.44. The smallest absolute Gasteiger partial charge is 0.254 e. The molecule has 0 aliphatic heterocycles. The van der Waals surface area contributed by atoms with Gasteiger partial charge < -0.3 is 10.1 Å². The van der Waals surface area contributed by atoms with E-state index in [-0.39, 0.29) is 5.91 Å². The van der Waals surface area contributed by atoms with E-state index < -0.39 is 0 Å². The number of aromatic nitrogens is 3. The molecule has 6 heteroatoms. The van der Waals surface area contributed by atoms with Crippen molar-refractivity contribution in [2.75, 3.05) is 6.61 Å². The van der Waals surface area contributed by atoms with Crippen molar-refractivity contribution in [3.8, 4) is 11.6 Å². The molecule has 0 unspecified atom stereocenters. The Hall–Kier alpha value is -3.15. The Bertz CT molecular complexity index is 846. The first kappa shape index (κ1) is 17.7. The Balaban J connectivity index is 1.62. The fraction of sp³-hybridized carbons (Fsp3) is 0.250. The van der Waals surface area contributed by atoms with Gasteiger partial charge in [-0.05, 0) is 24.6 Å². The lowest BCUT2D eigenvalue weighted by atomic mass is 10.2. The van der Waals surface area contributed by atoms with Gasteiger partial charge in [0.05, 0.1) is 24.1 Å². The highest BCUT2D eigenvalue weighted by Gasteiger charge is 2.11. The first-order valence-electron chi connectivity index (χ1n) is 8.73. The maximum Gasteiger partial charge on any atom is 0.254 e. The van der Waals surface area contributed by atoms with Crippen LogP contribution in [0.25, 0.3) is 5.69 Å². The highest BCUT2D eigenvalue weighted by atomic mass is 16.5. The molecule has 2 heterocycles. The summed E-state index contributed by atoms with van der Waals surface area (Å²) >= 11 is 0. The summed E-state index contributed by atoms with van der Waals surface area (Å²) in [7, 11) is 0. The van der Waals surface area contributed by atoms with Gasteiger partial charge in [-0.25, -0.2) is 9.67 Å². The second-order valence-corrected chi connectivity index (χ2v) is 5.86. The van der Waals surface area contributed by atoms with Gasteiger partial charge in [-0.15, -0.1) is 0 Å². The Kier molecular flexibility index (Phi) is 5.98. The van der Waals surface area contributed by atoms with Crippen LogP contribution in [-0.2, 0) is 6.54 Å². The lowest BCUT2D eigenvalue weighted by molar-refractivity contribution is 0.0950. The molecule has 0 aliphatic carbocycles. The molecule has 6 nitrogen and oxygen atoms in total. The summed E-state index contributed by atoms with van der Waals surface area (Å²) in [5.41, 5.74) is 2.27. The number of unbranched alkanes of at least 4 members (excludes halogenated alkanes) is 1. The Morgan fingerprint density at radius 3 is 2.85 bits per heavy atom. The Labute approximate surface area is 152 Å². The second kappa shape index (κ2) is 8.80. The molecule has 1 amide bonds. The molecule has 3 aromatic rings. The van der Waals surface area contributed by atoms with Gasteiger partial charge in [0, 0.05) is 24.5 Å². The molecule has 1 aromatic carbocycles. The quantitative estimate of drug-likeness (QED) is 0.632. The van der Waals surface area contributed by atoms with E-state index in [4.69, 9.17) is 4.74 Å². The van der Waals surface area contributed by atoms with Crippen molar-refractivity contribution >= 4 is 5.91 Å². The number of pyridine rings is 1. The van der Waals surface area contributed by atoms with Crippen LogP contribution in [0.1, 0.15) is 35.7 Å². The molecule has 0 spiro atoms. The monoisotopic (exact) mass is 350 g/mol. The van der Waals surface area contributed by atoms with Crippen LogP contribution in [0.4, 0.5) is 0 Å². The maximum atomic E-state index is 12.4. The lowest BCUT2D eigenvalue weighted by Gasteiger charge is -2.10. The summed E-state index contributed by atoms with van der Waals surface area (Å²) in [4.78, 5) is 16.7. The predicted octanol–water partition coefficient (Wildman–Crippen LogP) is 3.38. The van der Waals surface area contributed by atoms with Gasteiger partial charge in [-0.3, -0.25) is 4.79 Å². The molecule has 0 saturated carbocycles. The molecular weight excluding hydrogens is 328 g/mol. The molecule has 0 aliphatic rings. The van der Waals surface area contributed by atoms with Crippen molar-refractivity contribution < 1.29 is 9.53 Å². The van der Waals surface area contributed by atoms with E-state index in [9.17, 15) is 4.79 Å². The van der Waals surface area contributed by atoms with Crippen molar-refractivity contribution in [3.05, 3.63) is 72.2 Å². The summed E-state index contributed by atoms with van der Waals surface area (Å²) in [6, 6.07) is 13.4. The van der Waals surface area contributed by atoms with Gasteiger partial charge in [-0.2, -0.15) is 5.10 Å². The molecule has 1 N–H and O–H groups in total. The average Bonchev–Trinajstić information content (AvgIpc) is 3.18. The maximum absolute atomic E-state index is 12.4. The van der Waals surface area contributed by atoms with Crippen LogP contribution in [-0.4, -0.2) is 27.3 Å². The van der Waals surface area contributed by atoms with Crippen molar-refractivity contribution in [2.45, 2.75) is 26.3 Å². The number of carbonyl (C=O) groups is 1. The molecule has 3 rings (SSSR count). The minimum Gasteiger partial charge on any atom is -0.477 e. The number of amides is 1. The molecule has 26 heavy (non-hydrogen) atoms. The molecule has 134 valence electrons. The highest BCUT2D eigenvalue weighted by molar-refractivity contribution is 5.93. The number of hydrogen-bond acceptors (Lipinski definition) is 4. The summed E-state index contributed by atoms with van der Waals surface area (Å²) in [6.45, 7) is 3.08. The van der Waals surface area contributed by atoms with Gasteiger partial charge in [0.2, 0.25) is 5.88 Å². The second-order valence-electron chi connectivity index (χ2n) is 5.86. The first-order chi connectivity index (χ1) is 12.8. The zero-order chi connectivity index (χ0) is 18.2. The number of ether oxygens (including phenoxy) is 1. The molecule has 0 bridgehead atoms. The number of rotatable bonds is 8. The summed E-state index contributed by atoms with van der Waals surface area (Å²) < 4.78 is 7.38. The molecule has 0 radical (unpaired) electrons. The van der Waals surface area contributed by atoms with E-state index in [2.05, 4.69) is 22.3 Å². The van der Waals surface area contributed by atoms with E-state index in [0.717, 1.165) is 24.1 Å². The summed E-state index contributed by atoms with van der Waals surface area (Å²) in [5, 5.41) is 7.15. The molecular formula is C20H22N4O2. The van der Waals surface area contributed by atoms with E-state index in [1.165, 1.54) is 0 Å². The third-order valence-electron chi connectivity index (χ3n) is 3.89. The van der Waals surface area contributed by atoms with Crippen molar-refractivity contribution in [3.63, 3.8) is 0 Å². The molecule has 2 aromatic heterocycles. The van der Waals surface area contributed by atoms with E-state index in [1.54, 1.807) is 23.3 Å². The number of nitrogens with one attached hydrogen (secondary N) is 1. The van der Waals surface area contributed by atoms with Crippen LogP contribution in [0.3, 0.4) is 0 Å². The summed E-state index contributed by atoms with van der Waals surface area (Å²) in [5.74, 6) is 0.386. The number of para-hydroxylation sites is 1. The lowest BCUT2D eigenvalue weighted by Crippen LogP contribution is -2.23. The number of hydrogen-bond donors (Lipinski definition) is 1. The van der Waals surface area contributed by atoms with Crippen molar-refractivity contribution in [2.24, 2.45) is 0 Å². The van der Waals surface area contributed by atoms with Gasteiger partial charge in [0.15, 0.2) is 0 Å². The Morgan fingerprint density at radius 1 is 1.19 bits per heavy atom. The van der Waals surface area contributed by atoms with Crippen LogP contribution in [0.15, 0.2) is 61.1 Å². The molecule has 0 saturated heterocycles. The zero-order valence-corrected chi connectivity index (χ0v) is 14.8. The average molecular weight is 350 g/mol.